The standard InChI is InChI=1S/C49H37N5OS/c1-5-15-32(16-6-1)40-31-41(51-46(50-40)33-17-7-2-8-18-33)39-29-37(25-27-38(39)36-26-28-43-45(30-36)56-44-24-14-13-23-42(44)55-43)49-53-47(34-19-9-3-10-20-34)52-48(54-49)35-21-11-4-12-22-35/h1-31,46-47,49-50,53H,(H,52,54). The molecule has 0 amide bonds. The average molecular weight is 744 g/mol. The van der Waals surface area contributed by atoms with Gasteiger partial charge in [0, 0.05) is 16.8 Å². The van der Waals surface area contributed by atoms with Crippen LogP contribution in [0.5, 0.6) is 11.5 Å². The van der Waals surface area contributed by atoms with Crippen LogP contribution in [-0.2, 0) is 0 Å². The van der Waals surface area contributed by atoms with E-state index in [1.54, 1.807) is 11.8 Å². The maximum atomic E-state index is 6.34. The molecule has 10 rings (SSSR count). The molecule has 3 aliphatic rings. The number of ether oxygens (including phenoxy) is 1. The van der Waals surface area contributed by atoms with Crippen molar-refractivity contribution in [1.82, 2.24) is 16.0 Å². The van der Waals surface area contributed by atoms with Gasteiger partial charge in [0.15, 0.2) is 0 Å². The summed E-state index contributed by atoms with van der Waals surface area (Å²) in [4.78, 5) is 12.9. The molecule has 0 saturated heterocycles. The van der Waals surface area contributed by atoms with E-state index in [0.29, 0.717) is 0 Å². The Hall–Kier alpha value is -6.67. The molecule has 0 fully saturated rings. The van der Waals surface area contributed by atoms with Crippen LogP contribution in [0, 0.1) is 0 Å². The first kappa shape index (κ1) is 33.9. The Kier molecular flexibility index (Phi) is 8.99. The highest BCUT2D eigenvalue weighted by Gasteiger charge is 2.28. The van der Waals surface area contributed by atoms with Crippen LogP contribution in [0.15, 0.2) is 208 Å². The second-order valence-corrected chi connectivity index (χ2v) is 15.0. The number of hydrogen-bond acceptors (Lipinski definition) is 7. The predicted octanol–water partition coefficient (Wildman–Crippen LogP) is 11.1. The van der Waals surface area contributed by atoms with Crippen LogP contribution in [0.25, 0.3) is 16.8 Å². The number of rotatable bonds is 7. The fourth-order valence-electron chi connectivity index (χ4n) is 7.44. The van der Waals surface area contributed by atoms with E-state index in [9.17, 15) is 0 Å². The van der Waals surface area contributed by atoms with Crippen LogP contribution >= 0.6 is 11.8 Å². The van der Waals surface area contributed by atoms with E-state index in [4.69, 9.17) is 14.7 Å². The Morgan fingerprint density at radius 3 is 1.89 bits per heavy atom. The van der Waals surface area contributed by atoms with E-state index in [2.05, 4.69) is 168 Å². The number of hydrogen-bond donors (Lipinski definition) is 3. The molecular formula is C49H37N5OS. The number of aliphatic imine (C=N–C) groups is 2. The summed E-state index contributed by atoms with van der Waals surface area (Å²) >= 11 is 1.74. The third-order valence-corrected chi connectivity index (χ3v) is 11.4. The summed E-state index contributed by atoms with van der Waals surface area (Å²) < 4.78 is 6.34. The zero-order valence-corrected chi connectivity index (χ0v) is 31.2. The highest BCUT2D eigenvalue weighted by Crippen LogP contribution is 2.48. The largest absolute Gasteiger partial charge is 0.455 e. The molecule has 0 bridgehead atoms. The monoisotopic (exact) mass is 743 g/mol. The van der Waals surface area contributed by atoms with Gasteiger partial charge in [0.2, 0.25) is 0 Å². The van der Waals surface area contributed by atoms with Crippen LogP contribution in [-0.4, -0.2) is 11.5 Å². The molecule has 7 aromatic carbocycles. The van der Waals surface area contributed by atoms with E-state index >= 15 is 0 Å². The molecular weight excluding hydrogens is 707 g/mol. The molecule has 3 heterocycles. The van der Waals surface area contributed by atoms with Gasteiger partial charge < -0.3 is 15.4 Å². The van der Waals surface area contributed by atoms with Gasteiger partial charge in [-0.2, -0.15) is 0 Å². The van der Waals surface area contributed by atoms with E-state index in [0.717, 1.165) is 83.0 Å². The molecule has 0 radical (unpaired) electrons. The maximum Gasteiger partial charge on any atom is 0.145 e. The van der Waals surface area contributed by atoms with Crippen molar-refractivity contribution in [2.75, 3.05) is 0 Å². The number of benzene rings is 7. The van der Waals surface area contributed by atoms with Crippen LogP contribution in [0.3, 0.4) is 0 Å². The predicted molar refractivity (Wildman–Crippen MR) is 227 cm³/mol. The molecule has 0 spiro atoms. The van der Waals surface area contributed by atoms with Crippen molar-refractivity contribution >= 4 is 29.0 Å². The molecule has 3 aliphatic heterocycles. The summed E-state index contributed by atoms with van der Waals surface area (Å²) in [6, 6.07) is 63.1. The lowest BCUT2D eigenvalue weighted by atomic mass is 9.91. The molecule has 0 saturated carbocycles. The van der Waals surface area contributed by atoms with Crippen LogP contribution < -0.4 is 20.7 Å². The van der Waals surface area contributed by atoms with Gasteiger partial charge in [-0.3, -0.25) is 10.3 Å². The Balaban J connectivity index is 1.13. The lowest BCUT2D eigenvalue weighted by Gasteiger charge is -2.32. The highest BCUT2D eigenvalue weighted by atomic mass is 32.2. The van der Waals surface area contributed by atoms with E-state index in [1.165, 1.54) is 0 Å². The highest BCUT2D eigenvalue weighted by molar-refractivity contribution is 7.99. The minimum absolute atomic E-state index is 0.152. The minimum atomic E-state index is -0.335. The molecule has 6 nitrogen and oxygen atoms in total. The zero-order valence-electron chi connectivity index (χ0n) is 30.3. The Labute approximate surface area is 330 Å². The first-order valence-corrected chi connectivity index (χ1v) is 19.6. The third kappa shape index (κ3) is 6.79. The lowest BCUT2D eigenvalue weighted by molar-refractivity contribution is 0.409. The second-order valence-electron chi connectivity index (χ2n) is 13.9. The second kappa shape index (κ2) is 14.9. The SMILES string of the molecule is C1=C(c2ccccc2)NC(c2ccccc2)N=C1c1cc(C2N=C(c3ccccc3)NC(c3ccccc3)N2)ccc1-c1ccc2c(c1)Sc1ccccc1O2. The zero-order chi connectivity index (χ0) is 37.3. The van der Waals surface area contributed by atoms with E-state index in [1.807, 2.05) is 36.4 Å². The van der Waals surface area contributed by atoms with Gasteiger partial charge in [-0.05, 0) is 69.8 Å². The molecule has 3 N–H and O–H groups in total. The molecule has 0 aromatic heterocycles. The molecule has 7 aromatic rings. The van der Waals surface area contributed by atoms with Gasteiger partial charge in [0.25, 0.3) is 0 Å². The minimum Gasteiger partial charge on any atom is -0.455 e. The fourth-order valence-corrected chi connectivity index (χ4v) is 8.43. The average Bonchev–Trinajstić information content (AvgIpc) is 3.29. The van der Waals surface area contributed by atoms with Crippen molar-refractivity contribution in [2.24, 2.45) is 9.98 Å². The normalized spacial score (nSPS) is 18.4. The van der Waals surface area contributed by atoms with Crippen molar-refractivity contribution in [2.45, 2.75) is 28.3 Å². The Morgan fingerprint density at radius 2 is 1.12 bits per heavy atom. The van der Waals surface area contributed by atoms with Crippen molar-refractivity contribution in [3.63, 3.8) is 0 Å². The molecule has 0 aliphatic carbocycles. The number of para-hydroxylation sites is 1. The Morgan fingerprint density at radius 1 is 0.464 bits per heavy atom. The van der Waals surface area contributed by atoms with Gasteiger partial charge in [0.05, 0.1) is 15.5 Å². The molecule has 3 atom stereocenters. The quantitative estimate of drug-likeness (QED) is 0.152. The fraction of sp³-hybridized carbons (Fsp3) is 0.0612. The van der Waals surface area contributed by atoms with Crippen LogP contribution in [0.4, 0.5) is 0 Å². The third-order valence-electron chi connectivity index (χ3n) is 10.3. The number of fused-ring (bicyclic) bond motifs is 2. The summed E-state index contributed by atoms with van der Waals surface area (Å²) in [5.74, 6) is 2.59. The maximum absolute atomic E-state index is 6.34. The number of nitrogens with one attached hydrogen (secondary N) is 3. The first-order chi connectivity index (χ1) is 27.7. The summed E-state index contributed by atoms with van der Waals surface area (Å²) in [7, 11) is 0. The van der Waals surface area contributed by atoms with Crippen LogP contribution in [0.1, 0.15) is 51.9 Å². The summed E-state index contributed by atoms with van der Waals surface area (Å²) in [5, 5.41) is 11.2. The van der Waals surface area contributed by atoms with Crippen LogP contribution in [0.2, 0.25) is 0 Å². The number of allylic oxidation sites excluding steroid dienone is 1. The van der Waals surface area contributed by atoms with Crippen molar-refractivity contribution in [3.05, 3.63) is 221 Å². The van der Waals surface area contributed by atoms with Gasteiger partial charge in [-0.15, -0.1) is 0 Å². The summed E-state index contributed by atoms with van der Waals surface area (Å²) in [5.41, 5.74) is 10.5. The van der Waals surface area contributed by atoms with Crippen molar-refractivity contribution < 1.29 is 4.74 Å². The Bertz CT molecular complexity index is 2630. The topological polar surface area (TPSA) is 70.0 Å². The van der Waals surface area contributed by atoms with Crippen molar-refractivity contribution in [3.8, 4) is 22.6 Å². The number of nitrogens with zero attached hydrogens (tertiary/aromatic N) is 2. The van der Waals surface area contributed by atoms with Gasteiger partial charge >= 0.3 is 0 Å². The van der Waals surface area contributed by atoms with E-state index in [-0.39, 0.29) is 18.5 Å². The molecule has 270 valence electrons. The summed E-state index contributed by atoms with van der Waals surface area (Å²) in [6.45, 7) is 0. The smallest absolute Gasteiger partial charge is 0.145 e. The van der Waals surface area contributed by atoms with Gasteiger partial charge in [0.1, 0.15) is 35.8 Å². The van der Waals surface area contributed by atoms with E-state index < -0.39 is 0 Å². The first-order valence-electron chi connectivity index (χ1n) is 18.8. The molecule has 3 unspecified atom stereocenters. The molecule has 7 heteroatoms. The van der Waals surface area contributed by atoms with Gasteiger partial charge in [-0.1, -0.05) is 163 Å². The lowest BCUT2D eigenvalue weighted by Crippen LogP contribution is -2.45. The summed E-state index contributed by atoms with van der Waals surface area (Å²) in [6.07, 6.45) is 1.42. The number of amidine groups is 1. The van der Waals surface area contributed by atoms with Gasteiger partial charge in [-0.25, -0.2) is 4.99 Å². The van der Waals surface area contributed by atoms with Crippen molar-refractivity contribution in [1.29, 1.82) is 0 Å². The molecule has 56 heavy (non-hydrogen) atoms.